The zero-order valence-corrected chi connectivity index (χ0v) is 15.6. The normalized spacial score (nSPS) is 11.0. The second-order valence-electron chi connectivity index (χ2n) is 5.81. The minimum atomic E-state index is -0.594. The highest BCUT2D eigenvalue weighted by atomic mass is 35.5. The molecule has 1 aromatic heterocycles. The first-order valence-electron chi connectivity index (χ1n) is 8.34. The Hall–Kier alpha value is -2.53. The Morgan fingerprint density at radius 3 is 2.50 bits per heavy atom. The first-order chi connectivity index (χ1) is 12.5. The van der Waals surface area contributed by atoms with E-state index in [1.54, 1.807) is 6.07 Å². The molecule has 0 radical (unpaired) electrons. The molecule has 3 rings (SSSR count). The van der Waals surface area contributed by atoms with Crippen LogP contribution in [0.1, 0.15) is 13.8 Å². The van der Waals surface area contributed by atoms with E-state index in [4.69, 9.17) is 20.8 Å². The van der Waals surface area contributed by atoms with E-state index in [1.807, 2.05) is 18.2 Å². The molecule has 2 aromatic carbocycles. The van der Waals surface area contributed by atoms with Gasteiger partial charge in [-0.05, 0) is 38.1 Å². The second kappa shape index (κ2) is 7.38. The summed E-state index contributed by atoms with van der Waals surface area (Å²) in [5.41, 5.74) is 1.37. The third kappa shape index (κ3) is 3.27. The number of halogens is 2. The van der Waals surface area contributed by atoms with Gasteiger partial charge in [0.2, 0.25) is 0 Å². The fourth-order valence-corrected chi connectivity index (χ4v) is 3.22. The largest absolute Gasteiger partial charge is 0.494 e. The van der Waals surface area contributed by atoms with Gasteiger partial charge in [0, 0.05) is 41.9 Å². The smallest absolute Gasteiger partial charge is 0.344 e. The summed E-state index contributed by atoms with van der Waals surface area (Å²) in [6, 6.07) is 9.88. The monoisotopic (exact) mass is 375 g/mol. The van der Waals surface area contributed by atoms with Crippen molar-refractivity contribution in [2.75, 3.05) is 25.1 Å². The lowest BCUT2D eigenvalue weighted by molar-refractivity contribution is 0.386. The summed E-state index contributed by atoms with van der Waals surface area (Å²) in [5.74, 6) is -0.573. The average molecular weight is 376 g/mol. The number of hydrogen-bond donors (Lipinski definition) is 0. The van der Waals surface area contributed by atoms with E-state index in [1.165, 1.54) is 19.2 Å². The molecule has 6 heteroatoms. The van der Waals surface area contributed by atoms with Crippen LogP contribution in [-0.4, -0.2) is 20.2 Å². The summed E-state index contributed by atoms with van der Waals surface area (Å²) < 4.78 is 24.5. The Kier molecular flexibility index (Phi) is 5.18. The second-order valence-corrected chi connectivity index (χ2v) is 6.22. The van der Waals surface area contributed by atoms with Crippen molar-refractivity contribution in [3.63, 3.8) is 0 Å². The summed E-state index contributed by atoms with van der Waals surface area (Å²) >= 11 is 6.21. The van der Waals surface area contributed by atoms with Crippen molar-refractivity contribution in [1.82, 2.24) is 0 Å². The van der Waals surface area contributed by atoms with Gasteiger partial charge in [0.1, 0.15) is 5.58 Å². The van der Waals surface area contributed by atoms with Gasteiger partial charge in [-0.15, -0.1) is 0 Å². The quantitative estimate of drug-likeness (QED) is 0.581. The lowest BCUT2D eigenvalue weighted by Gasteiger charge is -2.21. The molecule has 0 aliphatic rings. The summed E-state index contributed by atoms with van der Waals surface area (Å²) in [6.07, 6.45) is 0. The number of benzene rings is 2. The zero-order valence-electron chi connectivity index (χ0n) is 14.8. The van der Waals surface area contributed by atoms with E-state index in [2.05, 4.69) is 18.7 Å². The van der Waals surface area contributed by atoms with Crippen LogP contribution < -0.4 is 15.3 Å². The van der Waals surface area contributed by atoms with Gasteiger partial charge in [0.05, 0.1) is 17.7 Å². The van der Waals surface area contributed by atoms with Crippen LogP contribution in [0.2, 0.25) is 5.02 Å². The molecule has 0 bridgehead atoms. The lowest BCUT2D eigenvalue weighted by Crippen LogP contribution is -2.21. The van der Waals surface area contributed by atoms with Gasteiger partial charge in [-0.3, -0.25) is 0 Å². The van der Waals surface area contributed by atoms with Crippen molar-refractivity contribution < 1.29 is 13.5 Å². The molecule has 0 aliphatic heterocycles. The SMILES string of the molecule is CCN(CC)c1ccc2cc(-c3cc(F)c(OC)cc3Cl)c(=O)oc2c1. The average Bonchev–Trinajstić information content (AvgIpc) is 2.63. The van der Waals surface area contributed by atoms with Gasteiger partial charge in [-0.25, -0.2) is 9.18 Å². The fourth-order valence-electron chi connectivity index (χ4n) is 2.96. The van der Waals surface area contributed by atoms with Gasteiger partial charge in [0.25, 0.3) is 0 Å². The predicted octanol–water partition coefficient (Wildman–Crippen LogP) is 5.11. The Morgan fingerprint density at radius 2 is 1.85 bits per heavy atom. The molecular weight excluding hydrogens is 357 g/mol. The van der Waals surface area contributed by atoms with Crippen molar-refractivity contribution in [3.05, 3.63) is 57.7 Å². The van der Waals surface area contributed by atoms with Crippen molar-refractivity contribution in [1.29, 1.82) is 0 Å². The minimum Gasteiger partial charge on any atom is -0.494 e. The first kappa shape index (κ1) is 18.3. The molecular formula is C20H19ClFNO3. The molecule has 0 fully saturated rings. The van der Waals surface area contributed by atoms with E-state index in [0.29, 0.717) is 5.58 Å². The topological polar surface area (TPSA) is 42.7 Å². The molecule has 1 heterocycles. The molecule has 0 saturated heterocycles. The van der Waals surface area contributed by atoms with E-state index in [0.717, 1.165) is 24.2 Å². The molecule has 0 atom stereocenters. The highest BCUT2D eigenvalue weighted by molar-refractivity contribution is 6.33. The van der Waals surface area contributed by atoms with Gasteiger partial charge in [-0.1, -0.05) is 11.6 Å². The third-order valence-corrected chi connectivity index (χ3v) is 4.69. The third-order valence-electron chi connectivity index (χ3n) is 4.38. The fraction of sp³-hybridized carbons (Fsp3) is 0.250. The Morgan fingerprint density at radius 1 is 1.12 bits per heavy atom. The molecule has 4 nitrogen and oxygen atoms in total. The molecule has 0 N–H and O–H groups in total. The van der Waals surface area contributed by atoms with Gasteiger partial charge >= 0.3 is 5.63 Å². The summed E-state index contributed by atoms with van der Waals surface area (Å²) in [6.45, 7) is 5.83. The van der Waals surface area contributed by atoms with Crippen molar-refractivity contribution in [2.45, 2.75) is 13.8 Å². The van der Waals surface area contributed by atoms with E-state index in [9.17, 15) is 9.18 Å². The van der Waals surface area contributed by atoms with Crippen LogP contribution in [0.3, 0.4) is 0 Å². The van der Waals surface area contributed by atoms with E-state index < -0.39 is 11.4 Å². The number of hydrogen-bond acceptors (Lipinski definition) is 4. The standard InChI is InChI=1S/C20H19ClFNO3/c1-4-23(5-2)13-7-6-12-8-15(20(24)26-18(12)9-13)14-10-17(22)19(25-3)11-16(14)21/h6-11H,4-5H2,1-3H3. The Balaban J connectivity index is 2.15. The molecule has 0 spiro atoms. The molecule has 3 aromatic rings. The summed E-state index contributed by atoms with van der Waals surface area (Å²) in [7, 11) is 1.35. The van der Waals surface area contributed by atoms with Crippen LogP contribution in [0.25, 0.3) is 22.1 Å². The number of anilines is 1. The number of ether oxygens (including phenoxy) is 1. The molecule has 136 valence electrons. The highest BCUT2D eigenvalue weighted by Gasteiger charge is 2.16. The summed E-state index contributed by atoms with van der Waals surface area (Å²) in [4.78, 5) is 14.6. The minimum absolute atomic E-state index is 0.0211. The van der Waals surface area contributed by atoms with Crippen molar-refractivity contribution in [2.24, 2.45) is 0 Å². The van der Waals surface area contributed by atoms with Crippen molar-refractivity contribution in [3.8, 4) is 16.9 Å². The van der Waals surface area contributed by atoms with Crippen LogP contribution in [0.4, 0.5) is 10.1 Å². The lowest BCUT2D eigenvalue weighted by atomic mass is 10.0. The molecule has 0 amide bonds. The maximum atomic E-state index is 14.1. The van der Waals surface area contributed by atoms with Gasteiger partial charge in [0.15, 0.2) is 11.6 Å². The maximum absolute atomic E-state index is 14.1. The Bertz CT molecular complexity index is 1010. The number of methoxy groups -OCH3 is 1. The summed E-state index contributed by atoms with van der Waals surface area (Å²) in [5, 5.41) is 0.956. The highest BCUT2D eigenvalue weighted by Crippen LogP contribution is 2.33. The molecule has 0 unspecified atom stereocenters. The van der Waals surface area contributed by atoms with Crippen molar-refractivity contribution >= 4 is 28.3 Å². The van der Waals surface area contributed by atoms with Crippen LogP contribution in [0.5, 0.6) is 5.75 Å². The van der Waals surface area contributed by atoms with Crippen LogP contribution in [0, 0.1) is 5.82 Å². The van der Waals surface area contributed by atoms with Crippen LogP contribution >= 0.6 is 11.6 Å². The molecule has 26 heavy (non-hydrogen) atoms. The van der Waals surface area contributed by atoms with E-state index in [-0.39, 0.29) is 21.9 Å². The number of rotatable bonds is 5. The first-order valence-corrected chi connectivity index (χ1v) is 8.72. The molecule has 0 saturated carbocycles. The number of fused-ring (bicyclic) bond motifs is 1. The number of nitrogens with zero attached hydrogens (tertiary/aromatic N) is 1. The van der Waals surface area contributed by atoms with Crippen LogP contribution in [-0.2, 0) is 0 Å². The van der Waals surface area contributed by atoms with Crippen LogP contribution in [0.15, 0.2) is 45.6 Å². The van der Waals surface area contributed by atoms with Gasteiger partial charge < -0.3 is 14.1 Å². The Labute approximate surface area is 155 Å². The maximum Gasteiger partial charge on any atom is 0.344 e. The predicted molar refractivity (Wildman–Crippen MR) is 103 cm³/mol. The van der Waals surface area contributed by atoms with Gasteiger partial charge in [-0.2, -0.15) is 0 Å². The zero-order chi connectivity index (χ0) is 18.8. The van der Waals surface area contributed by atoms with E-state index >= 15 is 0 Å². The molecule has 0 aliphatic carbocycles.